The topological polar surface area (TPSA) is 12.0 Å². The third-order valence-corrected chi connectivity index (χ3v) is 3.43. The van der Waals surface area contributed by atoms with Crippen LogP contribution in [0.1, 0.15) is 17.2 Å². The summed E-state index contributed by atoms with van der Waals surface area (Å²) in [6, 6.07) is 7.85. The molecule has 2 aromatic rings. The minimum Gasteiger partial charge on any atom is -0.309 e. The average molecular weight is 302 g/mol. The molecule has 0 saturated carbocycles. The molecule has 19 heavy (non-hydrogen) atoms. The van der Waals surface area contributed by atoms with Crippen molar-refractivity contribution in [3.8, 4) is 0 Å². The van der Waals surface area contributed by atoms with E-state index in [0.717, 1.165) is 0 Å². The van der Waals surface area contributed by atoms with Crippen LogP contribution in [0.2, 0.25) is 10.0 Å². The van der Waals surface area contributed by atoms with Gasteiger partial charge in [0, 0.05) is 15.6 Å². The van der Waals surface area contributed by atoms with E-state index in [2.05, 4.69) is 5.32 Å². The minimum atomic E-state index is -0.701. The van der Waals surface area contributed by atoms with Crippen LogP contribution < -0.4 is 5.32 Å². The maximum Gasteiger partial charge on any atom is 0.131 e. The number of hydrogen-bond donors (Lipinski definition) is 1. The normalized spacial score (nSPS) is 12.5. The Morgan fingerprint density at radius 1 is 1.05 bits per heavy atom. The molecule has 0 aliphatic carbocycles. The van der Waals surface area contributed by atoms with Crippen LogP contribution >= 0.6 is 23.2 Å². The molecule has 5 heteroatoms. The number of nitrogens with one attached hydrogen (secondary N) is 1. The van der Waals surface area contributed by atoms with E-state index in [1.54, 1.807) is 25.2 Å². The van der Waals surface area contributed by atoms with E-state index in [1.165, 1.54) is 18.2 Å². The van der Waals surface area contributed by atoms with Gasteiger partial charge in [-0.2, -0.15) is 0 Å². The zero-order chi connectivity index (χ0) is 14.0. The Labute approximate surface area is 120 Å². The second kappa shape index (κ2) is 5.87. The van der Waals surface area contributed by atoms with Crippen LogP contribution in [0.3, 0.4) is 0 Å². The van der Waals surface area contributed by atoms with Gasteiger partial charge in [-0.05, 0) is 42.9 Å². The van der Waals surface area contributed by atoms with Gasteiger partial charge in [-0.1, -0.05) is 29.3 Å². The van der Waals surface area contributed by atoms with Crippen LogP contribution in [-0.2, 0) is 0 Å². The van der Waals surface area contributed by atoms with Crippen LogP contribution in [0, 0.1) is 11.6 Å². The maximum atomic E-state index is 13.8. The SMILES string of the molecule is CNC(c1cc(Cl)ccc1Cl)c1c(F)cccc1F. The smallest absolute Gasteiger partial charge is 0.131 e. The van der Waals surface area contributed by atoms with Crippen LogP contribution in [0.25, 0.3) is 0 Å². The summed E-state index contributed by atoms with van der Waals surface area (Å²) < 4.78 is 27.7. The highest BCUT2D eigenvalue weighted by atomic mass is 35.5. The van der Waals surface area contributed by atoms with Crippen molar-refractivity contribution in [3.63, 3.8) is 0 Å². The summed E-state index contributed by atoms with van der Waals surface area (Å²) >= 11 is 12.0. The van der Waals surface area contributed by atoms with E-state index in [1.807, 2.05) is 0 Å². The third kappa shape index (κ3) is 2.89. The van der Waals surface area contributed by atoms with Crippen molar-refractivity contribution in [2.75, 3.05) is 7.05 Å². The van der Waals surface area contributed by atoms with Crippen molar-refractivity contribution in [2.24, 2.45) is 0 Å². The number of halogens is 4. The lowest BCUT2D eigenvalue weighted by molar-refractivity contribution is 0.522. The van der Waals surface area contributed by atoms with Crippen molar-refractivity contribution in [2.45, 2.75) is 6.04 Å². The lowest BCUT2D eigenvalue weighted by Crippen LogP contribution is -2.20. The second-order valence-electron chi connectivity index (χ2n) is 4.02. The molecule has 0 saturated heterocycles. The van der Waals surface area contributed by atoms with Gasteiger partial charge < -0.3 is 5.32 Å². The molecule has 0 fully saturated rings. The summed E-state index contributed by atoms with van der Waals surface area (Å²) in [6.45, 7) is 0. The van der Waals surface area contributed by atoms with Crippen LogP contribution in [0.5, 0.6) is 0 Å². The van der Waals surface area contributed by atoms with Crippen molar-refractivity contribution in [1.82, 2.24) is 5.32 Å². The molecule has 1 nitrogen and oxygen atoms in total. The van der Waals surface area contributed by atoms with Crippen molar-refractivity contribution in [3.05, 3.63) is 69.2 Å². The molecule has 0 aromatic heterocycles. The molecule has 1 N–H and O–H groups in total. The molecule has 2 aromatic carbocycles. The highest BCUT2D eigenvalue weighted by molar-refractivity contribution is 6.33. The lowest BCUT2D eigenvalue weighted by atomic mass is 9.97. The maximum absolute atomic E-state index is 13.8. The molecule has 2 rings (SSSR count). The number of hydrogen-bond acceptors (Lipinski definition) is 1. The Morgan fingerprint density at radius 2 is 1.68 bits per heavy atom. The van der Waals surface area contributed by atoms with E-state index in [9.17, 15) is 8.78 Å². The molecule has 1 atom stereocenters. The molecule has 100 valence electrons. The summed E-state index contributed by atoms with van der Waals surface area (Å²) in [5, 5.41) is 3.71. The fraction of sp³-hybridized carbons (Fsp3) is 0.143. The molecular formula is C14H11Cl2F2N. The Morgan fingerprint density at radius 3 is 2.26 bits per heavy atom. The third-order valence-electron chi connectivity index (χ3n) is 2.85. The summed E-state index contributed by atoms with van der Waals surface area (Å²) in [5.41, 5.74) is 0.454. The lowest BCUT2D eigenvalue weighted by Gasteiger charge is -2.20. The van der Waals surface area contributed by atoms with Crippen molar-refractivity contribution in [1.29, 1.82) is 0 Å². The van der Waals surface area contributed by atoms with Gasteiger partial charge in [-0.3, -0.25) is 0 Å². The van der Waals surface area contributed by atoms with Gasteiger partial charge in [0.2, 0.25) is 0 Å². The molecular weight excluding hydrogens is 291 g/mol. The van der Waals surface area contributed by atoms with Gasteiger partial charge in [-0.15, -0.1) is 0 Å². The molecule has 0 bridgehead atoms. The van der Waals surface area contributed by atoms with Crippen LogP contribution in [0.4, 0.5) is 8.78 Å². The zero-order valence-electron chi connectivity index (χ0n) is 10.1. The molecule has 0 spiro atoms. The second-order valence-corrected chi connectivity index (χ2v) is 4.87. The molecule has 0 aliphatic heterocycles. The first-order valence-corrected chi connectivity index (χ1v) is 6.36. The van der Waals surface area contributed by atoms with Gasteiger partial charge in [-0.25, -0.2) is 8.78 Å². The summed E-state index contributed by atoms with van der Waals surface area (Å²) in [7, 11) is 1.60. The standard InChI is InChI=1S/C14H11Cl2F2N/c1-19-14(9-7-8(15)5-6-10(9)16)13-11(17)3-2-4-12(13)18/h2-7,14,19H,1H3. The van der Waals surface area contributed by atoms with E-state index >= 15 is 0 Å². The summed E-state index contributed by atoms with van der Waals surface area (Å²) in [6.07, 6.45) is 0. The molecule has 0 heterocycles. The van der Waals surface area contributed by atoms with E-state index in [0.29, 0.717) is 15.6 Å². The van der Waals surface area contributed by atoms with Crippen molar-refractivity contribution < 1.29 is 8.78 Å². The predicted molar refractivity (Wildman–Crippen MR) is 73.7 cm³/mol. The van der Waals surface area contributed by atoms with Gasteiger partial charge in [0.15, 0.2) is 0 Å². The summed E-state index contributed by atoms with van der Waals surface area (Å²) in [5.74, 6) is -1.26. The van der Waals surface area contributed by atoms with Crippen LogP contribution in [-0.4, -0.2) is 7.05 Å². The largest absolute Gasteiger partial charge is 0.309 e. The van der Waals surface area contributed by atoms with Crippen molar-refractivity contribution >= 4 is 23.2 Å². The van der Waals surface area contributed by atoms with E-state index < -0.39 is 17.7 Å². The molecule has 0 amide bonds. The highest BCUT2D eigenvalue weighted by Gasteiger charge is 2.22. The highest BCUT2D eigenvalue weighted by Crippen LogP contribution is 2.32. The Kier molecular flexibility index (Phi) is 4.40. The predicted octanol–water partition coefficient (Wildman–Crippen LogP) is 4.58. The quantitative estimate of drug-likeness (QED) is 0.875. The Balaban J connectivity index is 2.59. The van der Waals surface area contributed by atoms with Gasteiger partial charge in [0.1, 0.15) is 11.6 Å². The number of rotatable bonds is 3. The first kappa shape index (κ1) is 14.3. The first-order valence-electron chi connectivity index (χ1n) is 5.60. The average Bonchev–Trinajstić information content (AvgIpc) is 2.37. The zero-order valence-corrected chi connectivity index (χ0v) is 11.6. The Hall–Kier alpha value is -1.16. The molecule has 1 unspecified atom stereocenters. The van der Waals surface area contributed by atoms with Gasteiger partial charge >= 0.3 is 0 Å². The van der Waals surface area contributed by atoms with E-state index in [-0.39, 0.29) is 5.56 Å². The monoisotopic (exact) mass is 301 g/mol. The van der Waals surface area contributed by atoms with E-state index in [4.69, 9.17) is 23.2 Å². The first-order chi connectivity index (χ1) is 9.04. The van der Waals surface area contributed by atoms with Gasteiger partial charge in [0.05, 0.1) is 6.04 Å². The minimum absolute atomic E-state index is 0.0748. The van der Waals surface area contributed by atoms with Gasteiger partial charge in [0.25, 0.3) is 0 Å². The number of benzene rings is 2. The fourth-order valence-corrected chi connectivity index (χ4v) is 2.38. The fourth-order valence-electron chi connectivity index (χ4n) is 1.98. The summed E-state index contributed by atoms with van der Waals surface area (Å²) in [4.78, 5) is 0. The Bertz CT molecular complexity index is 582. The van der Waals surface area contributed by atoms with Crippen LogP contribution in [0.15, 0.2) is 36.4 Å². The molecule has 0 radical (unpaired) electrons. The molecule has 0 aliphatic rings.